The lowest BCUT2D eigenvalue weighted by Crippen LogP contribution is -2.21. The number of Topliss-reactive ketones (excluding diaryl/α,β-unsaturated/α-hetero) is 1. The average Bonchev–Trinajstić information content (AvgIpc) is 3.11. The van der Waals surface area contributed by atoms with E-state index in [2.05, 4.69) is 25.9 Å². The number of carbonyl (C=O) groups excluding carboxylic acids is 1. The molecule has 1 aliphatic heterocycles. The Morgan fingerprint density at radius 3 is 2.92 bits per heavy atom. The molecule has 2 aliphatic rings. The molecular formula is C20H22N4O. The molecule has 2 fully saturated rings. The van der Waals surface area contributed by atoms with Crippen LogP contribution >= 0.6 is 0 Å². The summed E-state index contributed by atoms with van der Waals surface area (Å²) in [6.45, 7) is 1.98. The Hall–Kier alpha value is -2.43. The van der Waals surface area contributed by atoms with E-state index in [9.17, 15) is 4.79 Å². The molecule has 0 spiro atoms. The predicted molar refractivity (Wildman–Crippen MR) is 98.7 cm³/mol. The van der Waals surface area contributed by atoms with E-state index >= 15 is 0 Å². The first-order valence-corrected chi connectivity index (χ1v) is 9.25. The summed E-state index contributed by atoms with van der Waals surface area (Å²) in [5.41, 5.74) is 3.06. The molecule has 1 N–H and O–H groups in total. The van der Waals surface area contributed by atoms with Gasteiger partial charge in [0.2, 0.25) is 0 Å². The monoisotopic (exact) mass is 334 g/mol. The number of hydrogen-bond donors (Lipinski definition) is 1. The van der Waals surface area contributed by atoms with Crippen LogP contribution in [0, 0.1) is 11.8 Å². The fourth-order valence-corrected chi connectivity index (χ4v) is 4.17. The second-order valence-electron chi connectivity index (χ2n) is 7.58. The number of nitrogens with one attached hydrogen (secondary N) is 1. The van der Waals surface area contributed by atoms with Crippen molar-refractivity contribution in [2.45, 2.75) is 32.1 Å². The Morgan fingerprint density at radius 2 is 2.04 bits per heavy atom. The van der Waals surface area contributed by atoms with E-state index in [-0.39, 0.29) is 0 Å². The predicted octanol–water partition coefficient (Wildman–Crippen LogP) is 3.70. The number of aromatic nitrogens is 3. The van der Waals surface area contributed by atoms with Crippen molar-refractivity contribution in [3.8, 4) is 0 Å². The van der Waals surface area contributed by atoms with Crippen molar-refractivity contribution in [1.82, 2.24) is 15.0 Å². The third-order valence-electron chi connectivity index (χ3n) is 5.63. The summed E-state index contributed by atoms with van der Waals surface area (Å²) in [6.07, 6.45) is 10.8. The zero-order valence-electron chi connectivity index (χ0n) is 14.2. The van der Waals surface area contributed by atoms with Crippen LogP contribution in [-0.2, 0) is 4.79 Å². The van der Waals surface area contributed by atoms with E-state index < -0.39 is 0 Å². The summed E-state index contributed by atoms with van der Waals surface area (Å²) >= 11 is 0. The Kier molecular flexibility index (Phi) is 3.47. The fraction of sp³-hybridized carbons (Fsp3) is 0.450. The molecule has 1 saturated carbocycles. The number of pyridine rings is 2. The maximum atomic E-state index is 12.2. The first-order valence-electron chi connectivity index (χ1n) is 9.25. The second-order valence-corrected chi connectivity index (χ2v) is 7.58. The van der Waals surface area contributed by atoms with Crippen LogP contribution in [0.25, 0.3) is 21.9 Å². The molecule has 0 bridgehead atoms. The molecule has 1 unspecified atom stereocenters. The summed E-state index contributed by atoms with van der Waals surface area (Å²) in [5.74, 6) is 1.65. The fourth-order valence-electron chi connectivity index (χ4n) is 4.17. The van der Waals surface area contributed by atoms with Crippen LogP contribution in [-0.4, -0.2) is 33.8 Å². The Labute approximate surface area is 146 Å². The first-order chi connectivity index (χ1) is 12.3. The molecule has 3 aromatic heterocycles. The van der Waals surface area contributed by atoms with Gasteiger partial charge in [-0.05, 0) is 43.2 Å². The maximum Gasteiger partial charge on any atom is 0.159 e. The van der Waals surface area contributed by atoms with Crippen molar-refractivity contribution in [2.75, 3.05) is 18.0 Å². The standard InChI is InChI=1S/C20H22N4O/c25-15(9-13-1-2-13)10-14-5-8-24(12-14)18-4-7-21-17-11-23-20-16(19(17)18)3-6-22-20/h3-4,6-7,11,13-14,21H,1-2,5,8-10,12H2. The van der Waals surface area contributed by atoms with E-state index in [0.29, 0.717) is 17.6 Å². The molecule has 128 valence electrons. The van der Waals surface area contributed by atoms with Crippen molar-refractivity contribution >= 4 is 33.4 Å². The van der Waals surface area contributed by atoms with Gasteiger partial charge >= 0.3 is 0 Å². The molecule has 1 aliphatic carbocycles. The summed E-state index contributed by atoms with van der Waals surface area (Å²) < 4.78 is 0. The second kappa shape index (κ2) is 5.83. The molecule has 1 saturated heterocycles. The quantitative estimate of drug-likeness (QED) is 0.773. The molecule has 0 radical (unpaired) electrons. The lowest BCUT2D eigenvalue weighted by atomic mass is 9.99. The smallest absolute Gasteiger partial charge is 0.159 e. The molecule has 4 heterocycles. The van der Waals surface area contributed by atoms with Gasteiger partial charge in [-0.2, -0.15) is 0 Å². The SMILES string of the molecule is O=C(CC1CC1)CC1CCN(c2cc[nH]c3cnc4nccc4c23)C1. The third-order valence-corrected chi connectivity index (χ3v) is 5.63. The largest absolute Gasteiger partial charge is 0.371 e. The minimum atomic E-state index is 0.465. The Morgan fingerprint density at radius 1 is 1.16 bits per heavy atom. The number of nitrogens with zero attached hydrogens (tertiary/aromatic N) is 3. The topological polar surface area (TPSA) is 61.9 Å². The lowest BCUT2D eigenvalue weighted by molar-refractivity contribution is -0.120. The van der Waals surface area contributed by atoms with Gasteiger partial charge in [0.1, 0.15) is 5.78 Å². The highest BCUT2D eigenvalue weighted by molar-refractivity contribution is 6.10. The first kappa shape index (κ1) is 14.9. The number of hydrogen-bond acceptors (Lipinski definition) is 4. The minimum absolute atomic E-state index is 0.465. The van der Waals surface area contributed by atoms with Crippen LogP contribution in [0.2, 0.25) is 0 Å². The molecule has 5 nitrogen and oxygen atoms in total. The van der Waals surface area contributed by atoms with Gasteiger partial charge in [-0.3, -0.25) is 4.79 Å². The van der Waals surface area contributed by atoms with Crippen LogP contribution < -0.4 is 4.90 Å². The number of fused-ring (bicyclic) bond motifs is 3. The van der Waals surface area contributed by atoms with Gasteiger partial charge in [-0.25, -0.2) is 9.97 Å². The van der Waals surface area contributed by atoms with Crippen LogP contribution in [0.1, 0.15) is 32.1 Å². The van der Waals surface area contributed by atoms with Crippen LogP contribution in [0.5, 0.6) is 0 Å². The van der Waals surface area contributed by atoms with Crippen LogP contribution in [0.3, 0.4) is 0 Å². The average molecular weight is 334 g/mol. The van der Waals surface area contributed by atoms with Crippen molar-refractivity contribution < 1.29 is 4.79 Å². The van der Waals surface area contributed by atoms with Gasteiger partial charge in [-0.15, -0.1) is 0 Å². The van der Waals surface area contributed by atoms with E-state index in [1.54, 1.807) is 0 Å². The van der Waals surface area contributed by atoms with Crippen molar-refractivity contribution in [3.05, 3.63) is 30.7 Å². The van der Waals surface area contributed by atoms with E-state index in [0.717, 1.165) is 48.9 Å². The Bertz CT molecular complexity index is 943. The van der Waals surface area contributed by atoms with E-state index in [1.807, 2.05) is 24.7 Å². The van der Waals surface area contributed by atoms with Gasteiger partial charge in [0.15, 0.2) is 5.65 Å². The molecular weight excluding hydrogens is 312 g/mol. The Balaban J connectivity index is 1.41. The highest BCUT2D eigenvalue weighted by atomic mass is 16.1. The maximum absolute atomic E-state index is 12.2. The molecule has 0 aromatic carbocycles. The number of aromatic amines is 1. The van der Waals surface area contributed by atoms with Crippen molar-refractivity contribution in [3.63, 3.8) is 0 Å². The molecule has 25 heavy (non-hydrogen) atoms. The number of ketones is 1. The van der Waals surface area contributed by atoms with Gasteiger partial charge in [-0.1, -0.05) is 0 Å². The number of carbonyl (C=O) groups is 1. The van der Waals surface area contributed by atoms with Gasteiger partial charge in [0, 0.05) is 54.8 Å². The molecule has 3 aromatic rings. The number of anilines is 1. The third kappa shape index (κ3) is 2.77. The number of rotatable bonds is 5. The minimum Gasteiger partial charge on any atom is -0.371 e. The summed E-state index contributed by atoms with van der Waals surface area (Å²) in [4.78, 5) is 26.7. The molecule has 5 rings (SSSR count). The molecule has 5 heteroatoms. The lowest BCUT2D eigenvalue weighted by Gasteiger charge is -2.21. The van der Waals surface area contributed by atoms with Gasteiger partial charge < -0.3 is 9.88 Å². The van der Waals surface area contributed by atoms with Crippen LogP contribution in [0.15, 0.2) is 30.7 Å². The summed E-state index contributed by atoms with van der Waals surface area (Å²) in [6, 6.07) is 4.18. The number of H-pyrrole nitrogens is 1. The normalized spacial score (nSPS) is 20.6. The zero-order chi connectivity index (χ0) is 16.8. The molecule has 0 amide bonds. The van der Waals surface area contributed by atoms with Crippen molar-refractivity contribution in [2.24, 2.45) is 11.8 Å². The van der Waals surface area contributed by atoms with E-state index in [1.165, 1.54) is 23.9 Å². The summed E-state index contributed by atoms with van der Waals surface area (Å²) in [5, 5.41) is 2.28. The zero-order valence-corrected chi connectivity index (χ0v) is 14.2. The van der Waals surface area contributed by atoms with Crippen molar-refractivity contribution in [1.29, 1.82) is 0 Å². The van der Waals surface area contributed by atoms with Gasteiger partial charge in [0.05, 0.1) is 11.7 Å². The van der Waals surface area contributed by atoms with E-state index in [4.69, 9.17) is 0 Å². The van der Waals surface area contributed by atoms with Crippen LogP contribution in [0.4, 0.5) is 5.69 Å². The molecule has 1 atom stereocenters. The highest BCUT2D eigenvalue weighted by Crippen LogP contribution is 2.36. The summed E-state index contributed by atoms with van der Waals surface area (Å²) in [7, 11) is 0. The highest BCUT2D eigenvalue weighted by Gasteiger charge is 2.29. The van der Waals surface area contributed by atoms with Gasteiger partial charge in [0.25, 0.3) is 0 Å².